The Bertz CT molecular complexity index is 859. The Morgan fingerprint density at radius 3 is 2.56 bits per heavy atom. The lowest BCUT2D eigenvalue weighted by molar-refractivity contribution is -0.132. The predicted molar refractivity (Wildman–Crippen MR) is 109 cm³/mol. The number of rotatable bonds is 3. The first kappa shape index (κ1) is 18.0. The van der Waals surface area contributed by atoms with Gasteiger partial charge in [0.25, 0.3) is 0 Å². The molecule has 2 atom stereocenters. The number of nitrogens with zero attached hydrogens (tertiary/aromatic N) is 1. The number of hydrazine groups is 1. The number of benzene rings is 2. The van der Waals surface area contributed by atoms with Crippen molar-refractivity contribution in [3.8, 4) is 0 Å². The van der Waals surface area contributed by atoms with Gasteiger partial charge in [-0.3, -0.25) is 4.79 Å². The van der Waals surface area contributed by atoms with Crippen LogP contribution in [-0.2, 0) is 4.79 Å². The highest BCUT2D eigenvalue weighted by Gasteiger charge is 2.33. The SMILES string of the molecule is Cc1ccc(C2CC(C(=O)N3CC=C(c4ccccc4)CC3)NN2)cc1C. The van der Waals surface area contributed by atoms with Gasteiger partial charge in [0.05, 0.1) is 0 Å². The molecule has 2 aliphatic heterocycles. The molecule has 0 aromatic heterocycles. The summed E-state index contributed by atoms with van der Waals surface area (Å²) in [5.74, 6) is 0.192. The van der Waals surface area contributed by atoms with Gasteiger partial charge in [-0.15, -0.1) is 0 Å². The van der Waals surface area contributed by atoms with Crippen LogP contribution in [0.3, 0.4) is 0 Å². The van der Waals surface area contributed by atoms with Crippen molar-refractivity contribution in [1.29, 1.82) is 0 Å². The van der Waals surface area contributed by atoms with Crippen LogP contribution in [0.2, 0.25) is 0 Å². The summed E-state index contributed by atoms with van der Waals surface area (Å²) in [6, 6.07) is 17.0. The topological polar surface area (TPSA) is 44.4 Å². The standard InChI is InChI=1S/C23H27N3O/c1-16-8-9-20(14-17(16)2)21-15-22(25-24-21)23(27)26-12-10-19(11-13-26)18-6-4-3-5-7-18/h3-10,14,21-22,24-25H,11-13,15H2,1-2H3. The van der Waals surface area contributed by atoms with Crippen LogP contribution in [-0.4, -0.2) is 29.9 Å². The van der Waals surface area contributed by atoms with E-state index in [-0.39, 0.29) is 18.0 Å². The number of amides is 1. The molecule has 4 heteroatoms. The fourth-order valence-corrected chi connectivity index (χ4v) is 3.92. The molecule has 2 heterocycles. The molecule has 2 N–H and O–H groups in total. The van der Waals surface area contributed by atoms with Crippen LogP contribution in [0, 0.1) is 13.8 Å². The lowest BCUT2D eigenvalue weighted by Crippen LogP contribution is -2.46. The number of aryl methyl sites for hydroxylation is 2. The number of hydrogen-bond acceptors (Lipinski definition) is 3. The van der Waals surface area contributed by atoms with E-state index >= 15 is 0 Å². The van der Waals surface area contributed by atoms with Crippen LogP contribution in [0.15, 0.2) is 54.6 Å². The zero-order valence-electron chi connectivity index (χ0n) is 16.0. The molecule has 2 aliphatic rings. The molecule has 0 saturated carbocycles. The number of carbonyl (C=O) groups is 1. The molecular weight excluding hydrogens is 334 g/mol. The molecule has 0 bridgehead atoms. The van der Waals surface area contributed by atoms with Crippen molar-refractivity contribution in [3.63, 3.8) is 0 Å². The third-order valence-corrected chi connectivity index (χ3v) is 5.80. The van der Waals surface area contributed by atoms with Crippen LogP contribution >= 0.6 is 0 Å². The van der Waals surface area contributed by atoms with E-state index in [1.807, 2.05) is 11.0 Å². The van der Waals surface area contributed by atoms with Crippen molar-refractivity contribution in [2.24, 2.45) is 0 Å². The van der Waals surface area contributed by atoms with Gasteiger partial charge >= 0.3 is 0 Å². The highest BCUT2D eigenvalue weighted by molar-refractivity contribution is 5.83. The predicted octanol–water partition coefficient (Wildman–Crippen LogP) is 3.53. The van der Waals surface area contributed by atoms with Crippen molar-refractivity contribution >= 4 is 11.5 Å². The molecule has 2 unspecified atom stereocenters. The first-order chi connectivity index (χ1) is 13.1. The summed E-state index contributed by atoms with van der Waals surface area (Å²) in [7, 11) is 0. The van der Waals surface area contributed by atoms with E-state index in [2.05, 4.69) is 73.2 Å². The second kappa shape index (κ2) is 7.67. The Morgan fingerprint density at radius 1 is 1.04 bits per heavy atom. The minimum absolute atomic E-state index is 0.164. The van der Waals surface area contributed by atoms with Crippen molar-refractivity contribution in [2.75, 3.05) is 13.1 Å². The molecule has 1 saturated heterocycles. The fraction of sp³-hybridized carbons (Fsp3) is 0.348. The smallest absolute Gasteiger partial charge is 0.241 e. The largest absolute Gasteiger partial charge is 0.337 e. The van der Waals surface area contributed by atoms with Gasteiger partial charge in [0.1, 0.15) is 6.04 Å². The molecule has 2 aromatic carbocycles. The highest BCUT2D eigenvalue weighted by Crippen LogP contribution is 2.27. The Kier molecular flexibility index (Phi) is 5.10. The van der Waals surface area contributed by atoms with Crippen LogP contribution in [0.25, 0.3) is 5.57 Å². The van der Waals surface area contributed by atoms with Gasteiger partial charge in [-0.25, -0.2) is 10.9 Å². The Balaban J connectivity index is 1.38. The van der Waals surface area contributed by atoms with E-state index in [1.165, 1.54) is 27.8 Å². The van der Waals surface area contributed by atoms with Gasteiger partial charge in [0.15, 0.2) is 0 Å². The Labute approximate surface area is 161 Å². The molecular formula is C23H27N3O. The maximum atomic E-state index is 12.9. The minimum Gasteiger partial charge on any atom is -0.337 e. The molecule has 1 fully saturated rings. The molecule has 1 amide bonds. The van der Waals surface area contributed by atoms with Gasteiger partial charge < -0.3 is 4.90 Å². The maximum Gasteiger partial charge on any atom is 0.241 e. The van der Waals surface area contributed by atoms with Crippen molar-refractivity contribution in [1.82, 2.24) is 15.8 Å². The Hall–Kier alpha value is -2.43. The van der Waals surface area contributed by atoms with Gasteiger partial charge in [-0.05, 0) is 54.5 Å². The van der Waals surface area contributed by atoms with E-state index in [0.29, 0.717) is 6.54 Å². The molecule has 27 heavy (non-hydrogen) atoms. The lowest BCUT2D eigenvalue weighted by Gasteiger charge is -2.28. The summed E-state index contributed by atoms with van der Waals surface area (Å²) in [4.78, 5) is 14.9. The van der Waals surface area contributed by atoms with Crippen molar-refractivity contribution < 1.29 is 4.79 Å². The average Bonchev–Trinajstić information content (AvgIpc) is 3.20. The van der Waals surface area contributed by atoms with Crippen molar-refractivity contribution in [2.45, 2.75) is 38.8 Å². The minimum atomic E-state index is -0.164. The number of hydrogen-bond donors (Lipinski definition) is 2. The van der Waals surface area contributed by atoms with Gasteiger partial charge in [-0.1, -0.05) is 54.6 Å². The first-order valence-corrected chi connectivity index (χ1v) is 9.73. The summed E-state index contributed by atoms with van der Waals surface area (Å²) in [5, 5.41) is 0. The lowest BCUT2D eigenvalue weighted by atomic mass is 9.97. The normalized spacial score (nSPS) is 22.6. The van der Waals surface area contributed by atoms with Crippen LogP contribution < -0.4 is 10.9 Å². The average molecular weight is 361 g/mol. The van der Waals surface area contributed by atoms with Gasteiger partial charge in [0.2, 0.25) is 5.91 Å². The van der Waals surface area contributed by atoms with Crippen LogP contribution in [0.1, 0.15) is 41.1 Å². The summed E-state index contributed by atoms with van der Waals surface area (Å²) in [6.45, 7) is 5.73. The summed E-state index contributed by atoms with van der Waals surface area (Å²) in [5.41, 5.74) is 13.0. The van der Waals surface area contributed by atoms with Gasteiger partial charge in [0, 0.05) is 19.1 Å². The zero-order chi connectivity index (χ0) is 18.8. The molecule has 0 aliphatic carbocycles. The zero-order valence-corrected chi connectivity index (χ0v) is 16.0. The number of carbonyl (C=O) groups excluding carboxylic acids is 1. The third-order valence-electron chi connectivity index (χ3n) is 5.80. The Morgan fingerprint density at radius 2 is 1.85 bits per heavy atom. The second-order valence-corrected chi connectivity index (χ2v) is 7.60. The molecule has 0 radical (unpaired) electrons. The summed E-state index contributed by atoms with van der Waals surface area (Å²) >= 11 is 0. The van der Waals surface area contributed by atoms with Gasteiger partial charge in [-0.2, -0.15) is 0 Å². The third kappa shape index (κ3) is 3.82. The van der Waals surface area contributed by atoms with E-state index in [0.717, 1.165) is 19.4 Å². The fourth-order valence-electron chi connectivity index (χ4n) is 3.92. The first-order valence-electron chi connectivity index (χ1n) is 9.73. The molecule has 4 rings (SSSR count). The maximum absolute atomic E-state index is 12.9. The van der Waals surface area contributed by atoms with Crippen LogP contribution in [0.5, 0.6) is 0 Å². The molecule has 4 nitrogen and oxygen atoms in total. The summed E-state index contributed by atoms with van der Waals surface area (Å²) in [6.07, 6.45) is 3.89. The molecule has 2 aromatic rings. The quantitative estimate of drug-likeness (QED) is 0.879. The highest BCUT2D eigenvalue weighted by atomic mass is 16.2. The molecule has 0 spiro atoms. The molecule has 140 valence electrons. The number of nitrogens with one attached hydrogen (secondary N) is 2. The van der Waals surface area contributed by atoms with Crippen LogP contribution in [0.4, 0.5) is 0 Å². The van der Waals surface area contributed by atoms with E-state index in [1.54, 1.807) is 0 Å². The monoisotopic (exact) mass is 361 g/mol. The van der Waals surface area contributed by atoms with E-state index < -0.39 is 0 Å². The van der Waals surface area contributed by atoms with Crippen molar-refractivity contribution in [3.05, 3.63) is 76.9 Å². The van der Waals surface area contributed by atoms with E-state index in [4.69, 9.17) is 0 Å². The second-order valence-electron chi connectivity index (χ2n) is 7.60. The van der Waals surface area contributed by atoms with E-state index in [9.17, 15) is 4.79 Å². The summed E-state index contributed by atoms with van der Waals surface area (Å²) < 4.78 is 0.